The Labute approximate surface area is 153 Å². The molecular weight excluding hydrogens is 334 g/mol. The summed E-state index contributed by atoms with van der Waals surface area (Å²) in [5.41, 5.74) is 2.31. The van der Waals surface area contributed by atoms with Crippen LogP contribution in [0, 0.1) is 0 Å². The van der Waals surface area contributed by atoms with Crippen molar-refractivity contribution in [2.45, 2.75) is 37.4 Å². The van der Waals surface area contributed by atoms with Crippen molar-refractivity contribution in [3.8, 4) is 5.69 Å². The minimum absolute atomic E-state index is 0.0675. The first-order valence-electron chi connectivity index (χ1n) is 8.76. The summed E-state index contributed by atoms with van der Waals surface area (Å²) in [6.45, 7) is 4.21. The largest absolute Gasteiger partial charge is 0.353 e. The van der Waals surface area contributed by atoms with Crippen LogP contribution >= 0.6 is 11.8 Å². The third-order valence-electron chi connectivity index (χ3n) is 4.56. The van der Waals surface area contributed by atoms with Crippen LogP contribution in [-0.4, -0.2) is 57.5 Å². The van der Waals surface area contributed by atoms with Crippen molar-refractivity contribution in [1.82, 2.24) is 25.0 Å². The van der Waals surface area contributed by atoms with Crippen LogP contribution in [0.5, 0.6) is 0 Å². The van der Waals surface area contributed by atoms with Gasteiger partial charge in [-0.2, -0.15) is 0 Å². The first kappa shape index (κ1) is 17.9. The number of carbonyl (C=O) groups is 1. The Bertz CT molecular complexity index is 709. The van der Waals surface area contributed by atoms with Gasteiger partial charge in [0, 0.05) is 6.04 Å². The molecular formula is C18H25N5OS. The zero-order chi connectivity index (χ0) is 17.6. The van der Waals surface area contributed by atoms with Crippen LogP contribution in [-0.2, 0) is 11.2 Å². The van der Waals surface area contributed by atoms with E-state index in [9.17, 15) is 4.79 Å². The Hall–Kier alpha value is -1.86. The van der Waals surface area contributed by atoms with Gasteiger partial charge in [-0.1, -0.05) is 36.9 Å². The number of likely N-dealkylation sites (tertiary alicyclic amines) is 1. The maximum atomic E-state index is 12.3. The van der Waals surface area contributed by atoms with Crippen molar-refractivity contribution in [3.05, 3.63) is 36.2 Å². The van der Waals surface area contributed by atoms with Gasteiger partial charge in [-0.3, -0.25) is 9.36 Å². The summed E-state index contributed by atoms with van der Waals surface area (Å²) in [4.78, 5) is 14.6. The van der Waals surface area contributed by atoms with Gasteiger partial charge in [0.05, 0.1) is 11.4 Å². The SMILES string of the molecule is CCc1ccccc1-n1cnnc1SCC(=O)NC1CCN(C)CC1. The lowest BCUT2D eigenvalue weighted by atomic mass is 10.1. The van der Waals surface area contributed by atoms with E-state index in [1.807, 2.05) is 16.7 Å². The molecule has 1 saturated heterocycles. The van der Waals surface area contributed by atoms with Gasteiger partial charge in [0.15, 0.2) is 5.16 Å². The molecule has 0 aliphatic carbocycles. The Morgan fingerprint density at radius 2 is 2.08 bits per heavy atom. The summed E-state index contributed by atoms with van der Waals surface area (Å²) in [5.74, 6) is 0.428. The average Bonchev–Trinajstić information content (AvgIpc) is 3.10. The van der Waals surface area contributed by atoms with Gasteiger partial charge >= 0.3 is 0 Å². The van der Waals surface area contributed by atoms with E-state index < -0.39 is 0 Å². The van der Waals surface area contributed by atoms with Gasteiger partial charge in [-0.15, -0.1) is 10.2 Å². The van der Waals surface area contributed by atoms with E-state index in [0.717, 1.165) is 43.2 Å². The highest BCUT2D eigenvalue weighted by atomic mass is 32.2. The zero-order valence-electron chi connectivity index (χ0n) is 14.8. The number of nitrogens with zero attached hydrogens (tertiary/aromatic N) is 4. The number of aryl methyl sites for hydroxylation is 1. The third-order valence-corrected chi connectivity index (χ3v) is 5.51. The minimum atomic E-state index is 0.0675. The van der Waals surface area contributed by atoms with Crippen LogP contribution in [0.4, 0.5) is 0 Å². The molecule has 0 spiro atoms. The second kappa shape index (κ2) is 8.49. The fourth-order valence-electron chi connectivity index (χ4n) is 3.09. The van der Waals surface area contributed by atoms with Gasteiger partial charge in [-0.25, -0.2) is 0 Å². The molecule has 1 N–H and O–H groups in total. The predicted molar refractivity (Wildman–Crippen MR) is 100 cm³/mol. The van der Waals surface area contributed by atoms with E-state index in [1.165, 1.54) is 17.3 Å². The molecule has 3 rings (SSSR count). The molecule has 0 unspecified atom stereocenters. The van der Waals surface area contributed by atoms with Gasteiger partial charge in [0.1, 0.15) is 6.33 Å². The smallest absolute Gasteiger partial charge is 0.230 e. The maximum Gasteiger partial charge on any atom is 0.230 e. The van der Waals surface area contributed by atoms with Gasteiger partial charge < -0.3 is 10.2 Å². The predicted octanol–water partition coefficient (Wildman–Crippen LogP) is 2.13. The van der Waals surface area contributed by atoms with Crippen LogP contribution in [0.3, 0.4) is 0 Å². The lowest BCUT2D eigenvalue weighted by Crippen LogP contribution is -2.43. The molecule has 1 aliphatic rings. The minimum Gasteiger partial charge on any atom is -0.353 e. The number of aromatic nitrogens is 3. The van der Waals surface area contributed by atoms with Crippen LogP contribution in [0.2, 0.25) is 0 Å². The Balaban J connectivity index is 1.59. The molecule has 1 fully saturated rings. The Kier molecular flexibility index (Phi) is 6.09. The van der Waals surface area contributed by atoms with Crippen molar-refractivity contribution in [2.75, 3.05) is 25.9 Å². The number of rotatable bonds is 6. The van der Waals surface area contributed by atoms with E-state index in [4.69, 9.17) is 0 Å². The van der Waals surface area contributed by atoms with Crippen molar-refractivity contribution >= 4 is 17.7 Å². The number of benzene rings is 1. The molecule has 1 aromatic carbocycles. The van der Waals surface area contributed by atoms with Crippen LogP contribution in [0.15, 0.2) is 35.7 Å². The van der Waals surface area contributed by atoms with Crippen LogP contribution < -0.4 is 5.32 Å². The maximum absolute atomic E-state index is 12.3. The summed E-state index contributed by atoms with van der Waals surface area (Å²) >= 11 is 1.43. The number of amides is 1. The number of thioether (sulfide) groups is 1. The molecule has 0 atom stereocenters. The monoisotopic (exact) mass is 359 g/mol. The topological polar surface area (TPSA) is 63.1 Å². The van der Waals surface area contributed by atoms with E-state index in [1.54, 1.807) is 6.33 Å². The summed E-state index contributed by atoms with van der Waals surface area (Å²) in [5, 5.41) is 12.1. The highest BCUT2D eigenvalue weighted by Gasteiger charge is 2.19. The number of hydrogen-bond acceptors (Lipinski definition) is 5. The standard InChI is InChI=1S/C18H25N5OS/c1-3-14-6-4-5-7-16(14)23-13-19-21-18(23)25-12-17(24)20-15-8-10-22(2)11-9-15/h4-7,13,15H,3,8-12H2,1-2H3,(H,20,24). The molecule has 134 valence electrons. The summed E-state index contributed by atoms with van der Waals surface area (Å²) in [7, 11) is 2.12. The number of para-hydroxylation sites is 1. The van der Waals surface area contributed by atoms with Crippen molar-refractivity contribution in [2.24, 2.45) is 0 Å². The molecule has 2 aromatic rings. The number of hydrogen-bond donors (Lipinski definition) is 1. The van der Waals surface area contributed by atoms with Crippen LogP contribution in [0.25, 0.3) is 5.69 Å². The highest BCUT2D eigenvalue weighted by molar-refractivity contribution is 7.99. The lowest BCUT2D eigenvalue weighted by Gasteiger charge is -2.29. The molecule has 1 aromatic heterocycles. The molecule has 1 amide bonds. The van der Waals surface area contributed by atoms with E-state index in [0.29, 0.717) is 11.8 Å². The van der Waals surface area contributed by atoms with Crippen molar-refractivity contribution in [3.63, 3.8) is 0 Å². The molecule has 25 heavy (non-hydrogen) atoms. The third kappa shape index (κ3) is 4.61. The molecule has 0 saturated carbocycles. The summed E-state index contributed by atoms with van der Waals surface area (Å²) in [6.07, 6.45) is 4.70. The number of piperidine rings is 1. The van der Waals surface area contributed by atoms with E-state index >= 15 is 0 Å². The highest BCUT2D eigenvalue weighted by Crippen LogP contribution is 2.22. The normalized spacial score (nSPS) is 16.1. The second-order valence-electron chi connectivity index (χ2n) is 6.40. The van der Waals surface area contributed by atoms with Crippen LogP contribution in [0.1, 0.15) is 25.3 Å². The molecule has 2 heterocycles. The second-order valence-corrected chi connectivity index (χ2v) is 7.34. The van der Waals surface area contributed by atoms with E-state index in [2.05, 4.69) is 46.5 Å². The van der Waals surface area contributed by atoms with Gasteiger partial charge in [0.2, 0.25) is 5.91 Å². The average molecular weight is 359 g/mol. The zero-order valence-corrected chi connectivity index (χ0v) is 15.6. The lowest BCUT2D eigenvalue weighted by molar-refractivity contribution is -0.119. The molecule has 1 aliphatic heterocycles. The number of carbonyl (C=O) groups excluding carboxylic acids is 1. The first-order chi connectivity index (χ1) is 12.2. The van der Waals surface area contributed by atoms with Gasteiger partial charge in [-0.05, 0) is 51.0 Å². The Morgan fingerprint density at radius 1 is 1.32 bits per heavy atom. The molecule has 0 radical (unpaired) electrons. The Morgan fingerprint density at radius 3 is 2.84 bits per heavy atom. The quantitative estimate of drug-likeness (QED) is 0.801. The fourth-order valence-corrected chi connectivity index (χ4v) is 3.82. The summed E-state index contributed by atoms with van der Waals surface area (Å²) in [6, 6.07) is 8.51. The van der Waals surface area contributed by atoms with Crippen molar-refractivity contribution in [1.29, 1.82) is 0 Å². The first-order valence-corrected chi connectivity index (χ1v) is 9.75. The number of nitrogens with one attached hydrogen (secondary N) is 1. The molecule has 6 nitrogen and oxygen atoms in total. The van der Waals surface area contributed by atoms with Crippen molar-refractivity contribution < 1.29 is 4.79 Å². The summed E-state index contributed by atoms with van der Waals surface area (Å²) < 4.78 is 1.96. The van der Waals surface area contributed by atoms with E-state index in [-0.39, 0.29) is 5.91 Å². The van der Waals surface area contributed by atoms with Gasteiger partial charge in [0.25, 0.3) is 0 Å². The molecule has 0 bridgehead atoms. The molecule has 7 heteroatoms. The fraction of sp³-hybridized carbons (Fsp3) is 0.500.